The lowest BCUT2D eigenvalue weighted by atomic mass is 9.91. The first-order valence-electron chi connectivity index (χ1n) is 11.0. The second-order valence-electron chi connectivity index (χ2n) is 8.03. The van der Waals surface area contributed by atoms with Crippen molar-refractivity contribution < 1.29 is 24.5 Å². The topological polar surface area (TPSA) is 140 Å². The van der Waals surface area contributed by atoms with Gasteiger partial charge in [-0.05, 0) is 68.0 Å². The number of aliphatic hydroxyl groups excluding tert-OH is 1. The van der Waals surface area contributed by atoms with E-state index in [0.717, 1.165) is 18.5 Å². The van der Waals surface area contributed by atoms with Crippen molar-refractivity contribution in [1.29, 1.82) is 0 Å². The first-order valence-corrected chi connectivity index (χ1v) is 11.0. The number of furan rings is 1. The second kappa shape index (κ2) is 10.2. The number of phenolic OH excluding ortho intramolecular Hbond substituents is 1. The van der Waals surface area contributed by atoms with E-state index in [1.165, 1.54) is 36.3 Å². The summed E-state index contributed by atoms with van der Waals surface area (Å²) >= 11 is 0. The van der Waals surface area contributed by atoms with Crippen LogP contribution in [-0.2, 0) is 12.8 Å². The summed E-state index contributed by atoms with van der Waals surface area (Å²) in [6.07, 6.45) is 5.86. The van der Waals surface area contributed by atoms with Crippen LogP contribution < -0.4 is 10.9 Å². The molecule has 0 unspecified atom stereocenters. The third kappa shape index (κ3) is 5.10. The van der Waals surface area contributed by atoms with Crippen molar-refractivity contribution in [3.63, 3.8) is 0 Å². The molecule has 3 aromatic rings. The summed E-state index contributed by atoms with van der Waals surface area (Å²) in [6, 6.07) is 12.5. The van der Waals surface area contributed by atoms with E-state index in [1.807, 2.05) is 6.07 Å². The molecule has 0 saturated heterocycles. The Bertz CT molecular complexity index is 1260. The summed E-state index contributed by atoms with van der Waals surface area (Å²) in [5.41, 5.74) is 11.2. The van der Waals surface area contributed by atoms with E-state index in [-0.39, 0.29) is 29.5 Å². The van der Waals surface area contributed by atoms with Gasteiger partial charge in [-0.15, -0.1) is 0 Å². The van der Waals surface area contributed by atoms with E-state index < -0.39 is 5.97 Å². The number of nitrogens with one attached hydrogen (secondary N) is 2. The summed E-state index contributed by atoms with van der Waals surface area (Å²) in [5, 5.41) is 38.0. The van der Waals surface area contributed by atoms with Crippen molar-refractivity contribution in [1.82, 2.24) is 0 Å². The highest BCUT2D eigenvalue weighted by Gasteiger charge is 2.15. The molecule has 1 heterocycles. The van der Waals surface area contributed by atoms with Crippen LogP contribution in [0.1, 0.15) is 41.4 Å². The molecule has 0 amide bonds. The number of para-hydroxylation sites is 1. The quantitative estimate of drug-likeness (QED) is 0.189. The average Bonchev–Trinajstić information content (AvgIpc) is 3.34. The maximum Gasteiger partial charge on any atom is 0.371 e. The number of nitrogens with zero attached hydrogens (tertiary/aromatic N) is 2. The largest absolute Gasteiger partial charge is 0.505 e. The van der Waals surface area contributed by atoms with Crippen LogP contribution >= 0.6 is 0 Å². The highest BCUT2D eigenvalue weighted by Crippen LogP contribution is 2.36. The number of fused-ring (bicyclic) bond motifs is 1. The van der Waals surface area contributed by atoms with Crippen molar-refractivity contribution in [2.75, 3.05) is 17.5 Å². The van der Waals surface area contributed by atoms with Gasteiger partial charge in [-0.2, -0.15) is 10.2 Å². The van der Waals surface area contributed by atoms with Crippen molar-refractivity contribution in [3.05, 3.63) is 65.6 Å². The number of hydrogen-bond acceptors (Lipinski definition) is 8. The van der Waals surface area contributed by atoms with E-state index in [4.69, 9.17) is 9.52 Å². The van der Waals surface area contributed by atoms with Crippen LogP contribution in [0, 0.1) is 0 Å². The zero-order valence-electron chi connectivity index (χ0n) is 18.7. The van der Waals surface area contributed by atoms with E-state index in [2.05, 4.69) is 33.2 Å². The summed E-state index contributed by atoms with van der Waals surface area (Å²) < 4.78 is 5.00. The number of carboxylic acid groups (broad SMARTS) is 1. The maximum atomic E-state index is 11.1. The minimum Gasteiger partial charge on any atom is -0.505 e. The van der Waals surface area contributed by atoms with Gasteiger partial charge in [0.25, 0.3) is 0 Å². The Balaban J connectivity index is 1.48. The molecular formula is C25H26N4O5. The van der Waals surface area contributed by atoms with Crippen molar-refractivity contribution in [3.8, 4) is 16.9 Å². The Labute approximate surface area is 196 Å². The van der Waals surface area contributed by atoms with Gasteiger partial charge in [-0.1, -0.05) is 18.2 Å². The molecule has 9 heteroatoms. The van der Waals surface area contributed by atoms with Gasteiger partial charge in [0.2, 0.25) is 5.76 Å². The number of phenols is 1. The van der Waals surface area contributed by atoms with Crippen LogP contribution in [0.15, 0.2) is 63.3 Å². The van der Waals surface area contributed by atoms with Crippen molar-refractivity contribution in [2.24, 2.45) is 10.2 Å². The second-order valence-corrected chi connectivity index (χ2v) is 8.03. The number of aliphatic hydroxyl groups is 1. The molecule has 0 atom stereocenters. The van der Waals surface area contributed by atoms with Crippen LogP contribution in [-0.4, -0.2) is 39.3 Å². The zero-order chi connectivity index (χ0) is 24.1. The summed E-state index contributed by atoms with van der Waals surface area (Å²) in [6.45, 7) is 1.36. The third-order valence-electron chi connectivity index (χ3n) is 5.74. The van der Waals surface area contributed by atoms with Gasteiger partial charge in [0.1, 0.15) is 11.5 Å². The predicted octanol–water partition coefficient (Wildman–Crippen LogP) is 4.48. The minimum atomic E-state index is -1.20. The van der Waals surface area contributed by atoms with Gasteiger partial charge in [-0.25, -0.2) is 4.79 Å². The number of hydrogen-bond donors (Lipinski definition) is 5. The fourth-order valence-corrected chi connectivity index (χ4v) is 3.83. The van der Waals surface area contributed by atoms with Gasteiger partial charge in [0.05, 0.1) is 30.0 Å². The smallest absolute Gasteiger partial charge is 0.371 e. The average molecular weight is 463 g/mol. The Kier molecular flexibility index (Phi) is 6.93. The first kappa shape index (κ1) is 23.1. The van der Waals surface area contributed by atoms with Crippen LogP contribution in [0.4, 0.5) is 11.4 Å². The molecule has 1 aromatic heterocycles. The molecule has 2 aromatic carbocycles. The Morgan fingerprint density at radius 2 is 1.85 bits per heavy atom. The predicted molar refractivity (Wildman–Crippen MR) is 131 cm³/mol. The number of anilines is 2. The monoisotopic (exact) mass is 462 g/mol. The van der Waals surface area contributed by atoms with Gasteiger partial charge in [0, 0.05) is 11.1 Å². The lowest BCUT2D eigenvalue weighted by Gasteiger charge is -2.16. The Hall–Kier alpha value is -4.11. The number of aryl methyl sites for hydroxylation is 2. The Morgan fingerprint density at radius 3 is 2.59 bits per heavy atom. The summed E-state index contributed by atoms with van der Waals surface area (Å²) in [5.74, 6) is -1.56. The van der Waals surface area contributed by atoms with Crippen LogP contribution in [0.25, 0.3) is 11.1 Å². The van der Waals surface area contributed by atoms with Crippen LogP contribution in [0.3, 0.4) is 0 Å². The molecule has 0 bridgehead atoms. The molecule has 1 aliphatic rings. The standard InChI is InChI=1S/C25H26N4O5/c1-15(26-27-19-10-9-16-5-2-3-6-17(16)11-19)22(13-30)29-28-21-8-4-7-20(24(21)31)18-12-23(25(32)33)34-14-18/h4,7-12,14,27-28,30-31H,2-3,5-6,13H2,1H3,(H,32,33)/b26-15-,29-22+. The van der Waals surface area contributed by atoms with Gasteiger partial charge in [-0.3, -0.25) is 10.9 Å². The molecule has 0 radical (unpaired) electrons. The van der Waals surface area contributed by atoms with E-state index >= 15 is 0 Å². The number of aromatic carboxylic acids is 1. The van der Waals surface area contributed by atoms with Crippen LogP contribution in [0.5, 0.6) is 5.75 Å². The van der Waals surface area contributed by atoms with E-state index in [0.29, 0.717) is 16.8 Å². The highest BCUT2D eigenvalue weighted by atomic mass is 16.4. The number of carbonyl (C=O) groups is 1. The van der Waals surface area contributed by atoms with Gasteiger partial charge < -0.3 is 19.7 Å². The SMILES string of the molecule is CC(=N/Nc1ccc2c(c1)CCCC2)/C(CO)=N/Nc1cccc(-c2coc(C(=O)O)c2)c1O. The first-order chi connectivity index (χ1) is 16.5. The van der Waals surface area contributed by atoms with Gasteiger partial charge >= 0.3 is 5.97 Å². The fourth-order valence-electron chi connectivity index (χ4n) is 3.83. The number of hydrazone groups is 2. The lowest BCUT2D eigenvalue weighted by Crippen LogP contribution is -2.18. The molecule has 176 valence electrons. The molecule has 0 fully saturated rings. The number of benzene rings is 2. The minimum absolute atomic E-state index is 0.136. The van der Waals surface area contributed by atoms with Crippen molar-refractivity contribution >= 4 is 28.8 Å². The Morgan fingerprint density at radius 1 is 1.06 bits per heavy atom. The highest BCUT2D eigenvalue weighted by molar-refractivity contribution is 6.42. The lowest BCUT2D eigenvalue weighted by molar-refractivity contribution is 0.0662. The molecule has 34 heavy (non-hydrogen) atoms. The summed E-state index contributed by atoms with van der Waals surface area (Å²) in [7, 11) is 0. The maximum absolute atomic E-state index is 11.1. The molecular weight excluding hydrogens is 436 g/mol. The molecule has 0 spiro atoms. The fraction of sp³-hybridized carbons (Fsp3) is 0.240. The molecule has 0 aliphatic heterocycles. The normalized spacial score (nSPS) is 13.9. The van der Waals surface area contributed by atoms with Crippen LogP contribution in [0.2, 0.25) is 0 Å². The molecule has 0 saturated carbocycles. The molecule has 5 N–H and O–H groups in total. The van der Waals surface area contributed by atoms with E-state index in [9.17, 15) is 15.0 Å². The summed E-state index contributed by atoms with van der Waals surface area (Å²) in [4.78, 5) is 11.1. The number of aromatic hydroxyl groups is 1. The zero-order valence-corrected chi connectivity index (χ0v) is 18.7. The number of rotatable bonds is 8. The molecule has 9 nitrogen and oxygen atoms in total. The van der Waals surface area contributed by atoms with Crippen molar-refractivity contribution in [2.45, 2.75) is 32.6 Å². The molecule has 1 aliphatic carbocycles. The molecule has 4 rings (SSSR count). The number of carboxylic acids is 1. The van der Waals surface area contributed by atoms with E-state index in [1.54, 1.807) is 25.1 Å². The van der Waals surface area contributed by atoms with Gasteiger partial charge in [0.15, 0.2) is 0 Å². The third-order valence-corrected chi connectivity index (χ3v) is 5.74.